The second-order valence-electron chi connectivity index (χ2n) is 2.11. The summed E-state index contributed by atoms with van der Waals surface area (Å²) in [6.45, 7) is 6.46. The van der Waals surface area contributed by atoms with Crippen molar-refractivity contribution in [1.29, 1.82) is 0 Å². The molecule has 0 spiro atoms. The summed E-state index contributed by atoms with van der Waals surface area (Å²) in [7, 11) is 0. The van der Waals surface area contributed by atoms with Crippen molar-refractivity contribution in [2.75, 3.05) is 0 Å². The number of halogens is 1. The van der Waals surface area contributed by atoms with Crippen LogP contribution in [0.1, 0.15) is 6.42 Å². The van der Waals surface area contributed by atoms with Gasteiger partial charge in [-0.15, -0.1) is 0 Å². The van der Waals surface area contributed by atoms with Crippen LogP contribution in [-0.4, -0.2) is 5.78 Å². The van der Waals surface area contributed by atoms with Gasteiger partial charge in [0.25, 0.3) is 0 Å². The molecule has 52 valence electrons. The lowest BCUT2D eigenvalue weighted by Crippen LogP contribution is -2.16. The van der Waals surface area contributed by atoms with Crippen LogP contribution >= 0.6 is 0 Å². The summed E-state index contributed by atoms with van der Waals surface area (Å²) < 4.78 is 12.3. The van der Waals surface area contributed by atoms with Crippen LogP contribution in [0.25, 0.3) is 0 Å². The topological polar surface area (TPSA) is 17.1 Å². The Bertz CT molecular complexity index is 248. The molecule has 0 aromatic heterocycles. The summed E-state index contributed by atoms with van der Waals surface area (Å²) in [4.78, 5) is 10.6. The van der Waals surface area contributed by atoms with Gasteiger partial charge in [-0.25, -0.2) is 4.39 Å². The number of carbonyl (C=O) groups is 1. The summed E-state index contributed by atoms with van der Waals surface area (Å²) in [6.07, 6.45) is 1.79. The third kappa shape index (κ3) is 0.817. The van der Waals surface area contributed by atoms with Gasteiger partial charge in [-0.3, -0.25) is 4.79 Å². The zero-order chi connectivity index (χ0) is 7.72. The maximum atomic E-state index is 12.3. The molecule has 0 atom stereocenters. The van der Waals surface area contributed by atoms with Crippen LogP contribution in [0.3, 0.4) is 0 Å². The Morgan fingerprint density at radius 2 is 2.30 bits per heavy atom. The quantitative estimate of drug-likeness (QED) is 0.569. The van der Waals surface area contributed by atoms with Gasteiger partial charge in [0.15, 0.2) is 5.78 Å². The van der Waals surface area contributed by atoms with Crippen LogP contribution in [0.15, 0.2) is 36.2 Å². The summed E-state index contributed by atoms with van der Waals surface area (Å²) >= 11 is 0. The summed E-state index contributed by atoms with van der Waals surface area (Å²) in [5.74, 6) is -0.825. The molecular formula is C8H7FO. The fourth-order valence-corrected chi connectivity index (χ4v) is 0.922. The Morgan fingerprint density at radius 1 is 1.70 bits per heavy atom. The van der Waals surface area contributed by atoms with Gasteiger partial charge in [0.05, 0.1) is 5.57 Å². The highest BCUT2D eigenvalue weighted by atomic mass is 19.1. The molecule has 0 amide bonds. The number of rotatable bonds is 2. The van der Waals surface area contributed by atoms with E-state index in [-0.39, 0.29) is 11.4 Å². The van der Waals surface area contributed by atoms with Crippen molar-refractivity contribution in [2.24, 2.45) is 0 Å². The first kappa shape index (κ1) is 6.93. The average Bonchev–Trinajstić information content (AvgIpc) is 1.80. The molecule has 0 unspecified atom stereocenters. The predicted octanol–water partition coefficient (Wildman–Crippen LogP) is 1.93. The van der Waals surface area contributed by atoms with Crippen LogP contribution in [0.2, 0.25) is 0 Å². The van der Waals surface area contributed by atoms with Crippen molar-refractivity contribution < 1.29 is 9.18 Å². The molecule has 1 rings (SSSR count). The molecule has 0 saturated heterocycles. The standard InChI is InChI=1S/C8H7FO/c1-3-6-4-7(10)8(6)5(2)9/h3H,1-2,4H2. The largest absolute Gasteiger partial charge is 0.294 e. The molecule has 1 aliphatic rings. The molecule has 0 N–H and O–H groups in total. The number of allylic oxidation sites excluding steroid dienone is 4. The maximum Gasteiger partial charge on any atom is 0.170 e. The molecular weight excluding hydrogens is 131 g/mol. The minimum absolute atomic E-state index is 0.120. The Morgan fingerprint density at radius 3 is 2.50 bits per heavy atom. The molecule has 0 aromatic rings. The molecule has 0 fully saturated rings. The molecule has 0 aromatic carbocycles. The molecule has 10 heavy (non-hydrogen) atoms. The molecule has 0 bridgehead atoms. The van der Waals surface area contributed by atoms with Gasteiger partial charge < -0.3 is 0 Å². The summed E-state index contributed by atoms with van der Waals surface area (Å²) in [5, 5.41) is 0. The molecule has 0 saturated carbocycles. The van der Waals surface area contributed by atoms with E-state index >= 15 is 0 Å². The van der Waals surface area contributed by atoms with E-state index in [1.807, 2.05) is 0 Å². The lowest BCUT2D eigenvalue weighted by molar-refractivity contribution is -0.116. The van der Waals surface area contributed by atoms with E-state index in [9.17, 15) is 9.18 Å². The molecule has 1 aliphatic carbocycles. The fourth-order valence-electron chi connectivity index (χ4n) is 0.922. The van der Waals surface area contributed by atoms with E-state index in [1.165, 1.54) is 6.08 Å². The lowest BCUT2D eigenvalue weighted by Gasteiger charge is -2.16. The molecule has 2 heteroatoms. The Kier molecular flexibility index (Phi) is 1.53. The molecule has 0 radical (unpaired) electrons. The van der Waals surface area contributed by atoms with Crippen molar-refractivity contribution >= 4 is 5.78 Å². The van der Waals surface area contributed by atoms with Gasteiger partial charge in [-0.2, -0.15) is 0 Å². The van der Waals surface area contributed by atoms with Gasteiger partial charge >= 0.3 is 0 Å². The number of hydrogen-bond donors (Lipinski definition) is 0. The van der Waals surface area contributed by atoms with Crippen LogP contribution in [0.4, 0.5) is 4.39 Å². The van der Waals surface area contributed by atoms with E-state index in [0.717, 1.165) is 0 Å². The summed E-state index contributed by atoms with van der Waals surface area (Å²) in [6, 6.07) is 0. The van der Waals surface area contributed by atoms with Crippen molar-refractivity contribution in [2.45, 2.75) is 6.42 Å². The molecule has 0 heterocycles. The highest BCUT2D eigenvalue weighted by Crippen LogP contribution is 2.30. The first-order valence-corrected chi connectivity index (χ1v) is 2.90. The van der Waals surface area contributed by atoms with Crippen LogP contribution < -0.4 is 0 Å². The van der Waals surface area contributed by atoms with Crippen LogP contribution in [-0.2, 0) is 4.79 Å². The highest BCUT2D eigenvalue weighted by molar-refractivity contribution is 6.08. The monoisotopic (exact) mass is 138 g/mol. The highest BCUT2D eigenvalue weighted by Gasteiger charge is 2.26. The maximum absolute atomic E-state index is 12.3. The first-order valence-electron chi connectivity index (χ1n) is 2.90. The normalized spacial score (nSPS) is 16.7. The number of hydrogen-bond acceptors (Lipinski definition) is 1. The third-order valence-corrected chi connectivity index (χ3v) is 1.47. The van der Waals surface area contributed by atoms with Gasteiger partial charge in [0, 0.05) is 6.42 Å². The van der Waals surface area contributed by atoms with Crippen LogP contribution in [0.5, 0.6) is 0 Å². The second-order valence-corrected chi connectivity index (χ2v) is 2.11. The SMILES string of the molecule is C=CC1=C(C(=C)F)C(=O)C1. The van der Waals surface area contributed by atoms with Crippen molar-refractivity contribution in [3.63, 3.8) is 0 Å². The van der Waals surface area contributed by atoms with Crippen molar-refractivity contribution in [3.8, 4) is 0 Å². The smallest absolute Gasteiger partial charge is 0.170 e. The van der Waals surface area contributed by atoms with Gasteiger partial charge in [0.2, 0.25) is 0 Å². The third-order valence-electron chi connectivity index (χ3n) is 1.47. The minimum atomic E-state index is -0.647. The van der Waals surface area contributed by atoms with Crippen LogP contribution in [0, 0.1) is 0 Å². The average molecular weight is 138 g/mol. The lowest BCUT2D eigenvalue weighted by atomic mass is 9.86. The molecule has 0 aliphatic heterocycles. The second kappa shape index (κ2) is 2.21. The first-order chi connectivity index (χ1) is 4.66. The number of ketones is 1. The Balaban J connectivity index is 3.00. The number of Topliss-reactive ketones (excluding diaryl/α,β-unsaturated/α-hetero) is 1. The number of carbonyl (C=O) groups excluding carboxylic acids is 1. The van der Waals surface area contributed by atoms with Gasteiger partial charge in [0.1, 0.15) is 5.83 Å². The Labute approximate surface area is 58.5 Å². The van der Waals surface area contributed by atoms with E-state index in [1.54, 1.807) is 0 Å². The zero-order valence-electron chi connectivity index (χ0n) is 5.48. The predicted molar refractivity (Wildman–Crippen MR) is 37.1 cm³/mol. The molecule has 1 nitrogen and oxygen atoms in total. The minimum Gasteiger partial charge on any atom is -0.294 e. The Hall–Kier alpha value is -1.18. The van der Waals surface area contributed by atoms with E-state index in [4.69, 9.17) is 0 Å². The van der Waals surface area contributed by atoms with Crippen molar-refractivity contribution in [3.05, 3.63) is 36.2 Å². The van der Waals surface area contributed by atoms with Crippen molar-refractivity contribution in [1.82, 2.24) is 0 Å². The zero-order valence-corrected chi connectivity index (χ0v) is 5.48. The van der Waals surface area contributed by atoms with Gasteiger partial charge in [-0.05, 0) is 5.57 Å². The van der Waals surface area contributed by atoms with E-state index in [0.29, 0.717) is 12.0 Å². The van der Waals surface area contributed by atoms with E-state index < -0.39 is 5.83 Å². The van der Waals surface area contributed by atoms with Gasteiger partial charge in [-0.1, -0.05) is 19.2 Å². The fraction of sp³-hybridized carbons (Fsp3) is 0.125. The summed E-state index contributed by atoms with van der Waals surface area (Å²) in [5.41, 5.74) is 0.785. The van der Waals surface area contributed by atoms with E-state index in [2.05, 4.69) is 13.2 Å².